The standard InChI is InChI=1S/C13H13N3O2S/c1-9-3-2-4-10(7-9)12(18)15-8-11(17)16-13-14-5-6-19-13/h2-7H,8H2,1H3,(H,15,18)(H,14,16,17). The van der Waals surface area contributed by atoms with Crippen LogP contribution in [0.25, 0.3) is 0 Å². The van der Waals surface area contributed by atoms with Gasteiger partial charge in [-0.3, -0.25) is 9.59 Å². The number of thiazole rings is 1. The number of rotatable bonds is 4. The maximum Gasteiger partial charge on any atom is 0.251 e. The lowest BCUT2D eigenvalue weighted by atomic mass is 10.1. The molecule has 6 heteroatoms. The van der Waals surface area contributed by atoms with Gasteiger partial charge in [-0.05, 0) is 19.1 Å². The highest BCUT2D eigenvalue weighted by molar-refractivity contribution is 7.13. The third kappa shape index (κ3) is 3.89. The fourth-order valence-corrected chi connectivity index (χ4v) is 2.04. The highest BCUT2D eigenvalue weighted by atomic mass is 32.1. The largest absolute Gasteiger partial charge is 0.343 e. The summed E-state index contributed by atoms with van der Waals surface area (Å²) in [5, 5.41) is 7.45. The molecular formula is C13H13N3O2S. The van der Waals surface area contributed by atoms with Gasteiger partial charge in [0.05, 0.1) is 6.54 Å². The summed E-state index contributed by atoms with van der Waals surface area (Å²) in [7, 11) is 0. The van der Waals surface area contributed by atoms with E-state index in [1.807, 2.05) is 13.0 Å². The first kappa shape index (κ1) is 13.2. The normalized spacial score (nSPS) is 9.95. The molecule has 2 N–H and O–H groups in total. The molecule has 1 heterocycles. The van der Waals surface area contributed by atoms with Crippen LogP contribution in [0.5, 0.6) is 0 Å². The van der Waals surface area contributed by atoms with Crippen LogP contribution in [0.1, 0.15) is 15.9 Å². The van der Waals surface area contributed by atoms with Crippen molar-refractivity contribution in [3.63, 3.8) is 0 Å². The molecule has 0 spiro atoms. The Morgan fingerprint density at radius 3 is 2.89 bits per heavy atom. The fourth-order valence-electron chi connectivity index (χ4n) is 1.50. The Balaban J connectivity index is 1.85. The second-order valence-corrected chi connectivity index (χ2v) is 4.83. The fraction of sp³-hybridized carbons (Fsp3) is 0.154. The number of anilines is 1. The zero-order valence-corrected chi connectivity index (χ0v) is 11.2. The SMILES string of the molecule is Cc1cccc(C(=O)NCC(=O)Nc2nccs2)c1. The molecule has 1 aromatic carbocycles. The summed E-state index contributed by atoms with van der Waals surface area (Å²) in [5.74, 6) is -0.561. The summed E-state index contributed by atoms with van der Waals surface area (Å²) >= 11 is 1.33. The number of carbonyl (C=O) groups is 2. The second kappa shape index (κ2) is 6.10. The van der Waals surface area contributed by atoms with Gasteiger partial charge >= 0.3 is 0 Å². The summed E-state index contributed by atoms with van der Waals surface area (Å²) in [5.41, 5.74) is 1.54. The van der Waals surface area contributed by atoms with Gasteiger partial charge in [0.15, 0.2) is 5.13 Å². The van der Waals surface area contributed by atoms with E-state index >= 15 is 0 Å². The molecule has 0 radical (unpaired) electrons. The van der Waals surface area contributed by atoms with Crippen molar-refractivity contribution in [2.24, 2.45) is 0 Å². The van der Waals surface area contributed by atoms with E-state index in [9.17, 15) is 9.59 Å². The topological polar surface area (TPSA) is 71.1 Å². The van der Waals surface area contributed by atoms with Crippen LogP contribution in [0.2, 0.25) is 0 Å². The third-order valence-corrected chi connectivity index (χ3v) is 3.06. The van der Waals surface area contributed by atoms with E-state index in [0.717, 1.165) is 5.56 Å². The summed E-state index contributed by atoms with van der Waals surface area (Å²) in [4.78, 5) is 27.3. The lowest BCUT2D eigenvalue weighted by Gasteiger charge is -2.05. The maximum absolute atomic E-state index is 11.8. The van der Waals surface area contributed by atoms with E-state index < -0.39 is 0 Å². The van der Waals surface area contributed by atoms with Crippen LogP contribution in [0.3, 0.4) is 0 Å². The van der Waals surface area contributed by atoms with Crippen molar-refractivity contribution in [1.82, 2.24) is 10.3 Å². The van der Waals surface area contributed by atoms with E-state index in [1.54, 1.807) is 29.8 Å². The monoisotopic (exact) mass is 275 g/mol. The van der Waals surface area contributed by atoms with Crippen molar-refractivity contribution >= 4 is 28.3 Å². The number of hydrogen-bond donors (Lipinski definition) is 2. The Kier molecular flexibility index (Phi) is 4.25. The predicted molar refractivity (Wildman–Crippen MR) is 74.3 cm³/mol. The number of hydrogen-bond acceptors (Lipinski definition) is 4. The van der Waals surface area contributed by atoms with Crippen LogP contribution in [-0.2, 0) is 4.79 Å². The van der Waals surface area contributed by atoms with E-state index in [1.165, 1.54) is 11.3 Å². The second-order valence-electron chi connectivity index (χ2n) is 3.94. The Morgan fingerprint density at radius 2 is 2.21 bits per heavy atom. The van der Waals surface area contributed by atoms with Crippen LogP contribution >= 0.6 is 11.3 Å². The quantitative estimate of drug-likeness (QED) is 0.894. The van der Waals surface area contributed by atoms with Crippen LogP contribution in [0.15, 0.2) is 35.8 Å². The summed E-state index contributed by atoms with van der Waals surface area (Å²) in [6.07, 6.45) is 1.60. The molecule has 0 aliphatic heterocycles. The number of nitrogens with one attached hydrogen (secondary N) is 2. The van der Waals surface area contributed by atoms with E-state index in [-0.39, 0.29) is 18.4 Å². The van der Waals surface area contributed by atoms with Gasteiger partial charge in [-0.25, -0.2) is 4.98 Å². The first-order valence-corrected chi connectivity index (χ1v) is 6.57. The van der Waals surface area contributed by atoms with Crippen molar-refractivity contribution in [2.75, 3.05) is 11.9 Å². The van der Waals surface area contributed by atoms with Gasteiger partial charge < -0.3 is 10.6 Å². The van der Waals surface area contributed by atoms with Gasteiger partial charge in [0.1, 0.15) is 0 Å². The van der Waals surface area contributed by atoms with Gasteiger partial charge in [0.25, 0.3) is 5.91 Å². The van der Waals surface area contributed by atoms with Gasteiger partial charge in [0.2, 0.25) is 5.91 Å². The minimum atomic E-state index is -0.295. The Hall–Kier alpha value is -2.21. The van der Waals surface area contributed by atoms with Crippen LogP contribution < -0.4 is 10.6 Å². The molecule has 0 aliphatic carbocycles. The average Bonchev–Trinajstić information content (AvgIpc) is 2.88. The first-order chi connectivity index (χ1) is 9.15. The van der Waals surface area contributed by atoms with E-state index in [2.05, 4.69) is 15.6 Å². The Morgan fingerprint density at radius 1 is 1.37 bits per heavy atom. The molecule has 0 bridgehead atoms. The van der Waals surface area contributed by atoms with Crippen molar-refractivity contribution < 1.29 is 9.59 Å². The molecular weight excluding hydrogens is 262 g/mol. The zero-order chi connectivity index (χ0) is 13.7. The Bertz CT molecular complexity index is 581. The minimum absolute atomic E-state index is 0.0770. The van der Waals surface area contributed by atoms with Gasteiger partial charge in [0, 0.05) is 17.1 Å². The molecule has 0 saturated carbocycles. The molecule has 5 nitrogen and oxygen atoms in total. The van der Waals surface area contributed by atoms with Crippen LogP contribution in [0.4, 0.5) is 5.13 Å². The highest BCUT2D eigenvalue weighted by Crippen LogP contribution is 2.09. The van der Waals surface area contributed by atoms with Crippen molar-refractivity contribution in [3.05, 3.63) is 47.0 Å². The molecule has 98 valence electrons. The van der Waals surface area contributed by atoms with Crippen molar-refractivity contribution in [2.45, 2.75) is 6.92 Å². The van der Waals surface area contributed by atoms with Crippen molar-refractivity contribution in [3.8, 4) is 0 Å². The molecule has 0 fully saturated rings. The third-order valence-electron chi connectivity index (χ3n) is 2.37. The molecule has 0 unspecified atom stereocenters. The van der Waals surface area contributed by atoms with E-state index in [4.69, 9.17) is 0 Å². The number of benzene rings is 1. The molecule has 0 saturated heterocycles. The predicted octanol–water partition coefficient (Wildman–Crippen LogP) is 1.82. The maximum atomic E-state index is 11.8. The summed E-state index contributed by atoms with van der Waals surface area (Å²) in [6.45, 7) is 1.83. The number of amides is 2. The first-order valence-electron chi connectivity index (χ1n) is 5.69. The van der Waals surface area contributed by atoms with Crippen molar-refractivity contribution in [1.29, 1.82) is 0 Å². The molecule has 2 amide bonds. The molecule has 0 atom stereocenters. The smallest absolute Gasteiger partial charge is 0.251 e. The highest BCUT2D eigenvalue weighted by Gasteiger charge is 2.08. The zero-order valence-electron chi connectivity index (χ0n) is 10.3. The van der Waals surface area contributed by atoms with Gasteiger partial charge in [-0.15, -0.1) is 11.3 Å². The lowest BCUT2D eigenvalue weighted by molar-refractivity contribution is -0.115. The minimum Gasteiger partial charge on any atom is -0.343 e. The molecule has 2 rings (SSSR count). The van der Waals surface area contributed by atoms with Gasteiger partial charge in [-0.2, -0.15) is 0 Å². The molecule has 1 aromatic heterocycles. The number of aromatic nitrogens is 1. The van der Waals surface area contributed by atoms with Crippen LogP contribution in [0, 0.1) is 6.92 Å². The molecule has 19 heavy (non-hydrogen) atoms. The number of carbonyl (C=O) groups excluding carboxylic acids is 2. The number of aryl methyl sites for hydroxylation is 1. The molecule has 0 aliphatic rings. The Labute approximate surface area is 114 Å². The summed E-state index contributed by atoms with van der Waals surface area (Å²) < 4.78 is 0. The molecule has 2 aromatic rings. The lowest BCUT2D eigenvalue weighted by Crippen LogP contribution is -2.32. The number of nitrogens with zero attached hydrogens (tertiary/aromatic N) is 1. The summed E-state index contributed by atoms with van der Waals surface area (Å²) in [6, 6.07) is 7.20. The van der Waals surface area contributed by atoms with E-state index in [0.29, 0.717) is 10.7 Å². The average molecular weight is 275 g/mol. The van der Waals surface area contributed by atoms with Crippen LogP contribution in [-0.4, -0.2) is 23.3 Å². The van der Waals surface area contributed by atoms with Gasteiger partial charge in [-0.1, -0.05) is 17.7 Å².